The first kappa shape index (κ1) is 20.0. The molecule has 29 heavy (non-hydrogen) atoms. The lowest BCUT2D eigenvalue weighted by Crippen LogP contribution is -2.24. The number of aryl methyl sites for hydroxylation is 2. The van der Waals surface area contributed by atoms with Gasteiger partial charge in [-0.05, 0) is 62.4 Å². The second kappa shape index (κ2) is 8.59. The number of thioether (sulfide) groups is 1. The maximum absolute atomic E-state index is 13.1. The van der Waals surface area contributed by atoms with E-state index in [9.17, 15) is 9.59 Å². The standard InChI is InChI=1S/C21H23N3O3S2/c1-3-24-20(26)18-15-6-4-5-7-16(15)29-19(18)23-21(24)28-12-17(25)22-13-8-10-14(27-2)11-9-13/h8-11H,3-7,12H2,1-2H3,(H,22,25). The summed E-state index contributed by atoms with van der Waals surface area (Å²) in [5, 5.41) is 4.26. The summed E-state index contributed by atoms with van der Waals surface area (Å²) in [4.78, 5) is 32.4. The molecule has 2 heterocycles. The average molecular weight is 430 g/mol. The van der Waals surface area contributed by atoms with Crippen molar-refractivity contribution in [1.82, 2.24) is 9.55 Å². The number of ether oxygens (including phenoxy) is 1. The Morgan fingerprint density at radius 1 is 1.28 bits per heavy atom. The number of nitrogens with zero attached hydrogens (tertiary/aromatic N) is 2. The van der Waals surface area contributed by atoms with Crippen LogP contribution in [-0.2, 0) is 24.2 Å². The van der Waals surface area contributed by atoms with Gasteiger partial charge in [0.2, 0.25) is 5.91 Å². The lowest BCUT2D eigenvalue weighted by atomic mass is 9.97. The molecule has 1 N–H and O–H groups in total. The molecular weight excluding hydrogens is 406 g/mol. The smallest absolute Gasteiger partial charge is 0.263 e. The van der Waals surface area contributed by atoms with Gasteiger partial charge in [0, 0.05) is 17.1 Å². The van der Waals surface area contributed by atoms with Gasteiger partial charge in [-0.15, -0.1) is 11.3 Å². The number of rotatable bonds is 6. The zero-order valence-electron chi connectivity index (χ0n) is 16.5. The third kappa shape index (κ3) is 4.04. The van der Waals surface area contributed by atoms with Gasteiger partial charge < -0.3 is 10.1 Å². The molecule has 152 valence electrons. The van der Waals surface area contributed by atoms with Gasteiger partial charge in [-0.25, -0.2) is 4.98 Å². The van der Waals surface area contributed by atoms with Crippen LogP contribution in [0.25, 0.3) is 10.2 Å². The molecule has 0 spiro atoms. The van der Waals surface area contributed by atoms with Crippen LogP contribution in [0.15, 0.2) is 34.2 Å². The number of methoxy groups -OCH3 is 1. The number of anilines is 1. The van der Waals surface area contributed by atoms with E-state index in [1.807, 2.05) is 6.92 Å². The fraction of sp³-hybridized carbons (Fsp3) is 0.381. The maximum Gasteiger partial charge on any atom is 0.263 e. The number of amides is 1. The number of thiophene rings is 1. The van der Waals surface area contributed by atoms with E-state index < -0.39 is 0 Å². The van der Waals surface area contributed by atoms with E-state index in [4.69, 9.17) is 9.72 Å². The van der Waals surface area contributed by atoms with Crippen LogP contribution >= 0.6 is 23.1 Å². The van der Waals surface area contributed by atoms with E-state index in [-0.39, 0.29) is 17.2 Å². The number of fused-ring (bicyclic) bond motifs is 3. The van der Waals surface area contributed by atoms with Gasteiger partial charge in [-0.2, -0.15) is 0 Å². The molecule has 3 aromatic rings. The minimum atomic E-state index is -0.136. The summed E-state index contributed by atoms with van der Waals surface area (Å²) in [5.41, 5.74) is 1.93. The fourth-order valence-corrected chi connectivity index (χ4v) is 5.78. The first-order chi connectivity index (χ1) is 14.1. The number of benzene rings is 1. The highest BCUT2D eigenvalue weighted by Gasteiger charge is 2.22. The van der Waals surface area contributed by atoms with Crippen LogP contribution in [0, 0.1) is 0 Å². The number of carbonyl (C=O) groups excluding carboxylic acids is 1. The average Bonchev–Trinajstić information content (AvgIpc) is 3.11. The summed E-state index contributed by atoms with van der Waals surface area (Å²) in [5.74, 6) is 0.790. The van der Waals surface area contributed by atoms with Crippen LogP contribution in [-0.4, -0.2) is 28.3 Å². The largest absolute Gasteiger partial charge is 0.497 e. The summed E-state index contributed by atoms with van der Waals surface area (Å²) in [7, 11) is 1.60. The Morgan fingerprint density at radius 2 is 2.03 bits per heavy atom. The molecule has 0 aliphatic heterocycles. The summed E-state index contributed by atoms with van der Waals surface area (Å²) in [6, 6.07) is 7.19. The SMILES string of the molecule is CCn1c(SCC(=O)Nc2ccc(OC)cc2)nc2sc3c(c2c1=O)CCCC3. The molecule has 0 bridgehead atoms. The van der Waals surface area contributed by atoms with Crippen LogP contribution in [0.3, 0.4) is 0 Å². The predicted molar refractivity (Wildman–Crippen MR) is 119 cm³/mol. The third-order valence-corrected chi connectivity index (χ3v) is 7.22. The third-order valence-electron chi connectivity index (χ3n) is 5.06. The quantitative estimate of drug-likeness (QED) is 0.472. The Morgan fingerprint density at radius 3 is 2.76 bits per heavy atom. The monoisotopic (exact) mass is 429 g/mol. The zero-order valence-corrected chi connectivity index (χ0v) is 18.1. The Labute approximate surface area is 177 Å². The predicted octanol–water partition coefficient (Wildman–Crippen LogP) is 4.10. The van der Waals surface area contributed by atoms with Crippen molar-refractivity contribution in [2.45, 2.75) is 44.3 Å². The van der Waals surface area contributed by atoms with E-state index in [0.29, 0.717) is 17.4 Å². The molecule has 4 rings (SSSR count). The molecule has 0 saturated carbocycles. The fourth-order valence-electron chi connectivity index (χ4n) is 3.61. The summed E-state index contributed by atoms with van der Waals surface area (Å²) in [6.45, 7) is 2.48. The van der Waals surface area contributed by atoms with Crippen molar-refractivity contribution in [1.29, 1.82) is 0 Å². The second-order valence-corrected chi connectivity index (χ2v) is 8.93. The maximum atomic E-state index is 13.1. The van der Waals surface area contributed by atoms with Crippen LogP contribution < -0.4 is 15.6 Å². The molecule has 6 nitrogen and oxygen atoms in total. The first-order valence-electron chi connectivity index (χ1n) is 9.72. The summed E-state index contributed by atoms with van der Waals surface area (Å²) < 4.78 is 6.81. The number of hydrogen-bond acceptors (Lipinski definition) is 6. The van der Waals surface area contributed by atoms with Crippen molar-refractivity contribution in [3.05, 3.63) is 45.1 Å². The second-order valence-electron chi connectivity index (χ2n) is 6.90. The molecule has 1 aliphatic carbocycles. The molecule has 2 aromatic heterocycles. The molecule has 8 heteroatoms. The Bertz CT molecular complexity index is 1100. The molecule has 1 amide bonds. The summed E-state index contributed by atoms with van der Waals surface area (Å²) >= 11 is 2.94. The van der Waals surface area contributed by atoms with Crippen molar-refractivity contribution in [2.24, 2.45) is 0 Å². The number of hydrogen-bond donors (Lipinski definition) is 1. The molecule has 0 unspecified atom stereocenters. The van der Waals surface area contributed by atoms with Gasteiger partial charge >= 0.3 is 0 Å². The minimum Gasteiger partial charge on any atom is -0.497 e. The van der Waals surface area contributed by atoms with Gasteiger partial charge in [0.15, 0.2) is 5.16 Å². The van der Waals surface area contributed by atoms with Gasteiger partial charge in [-0.1, -0.05) is 11.8 Å². The topological polar surface area (TPSA) is 73.2 Å². The first-order valence-corrected chi connectivity index (χ1v) is 11.5. The van der Waals surface area contributed by atoms with Gasteiger partial charge in [0.05, 0.1) is 18.2 Å². The lowest BCUT2D eigenvalue weighted by molar-refractivity contribution is -0.113. The molecule has 1 aliphatic rings. The van der Waals surface area contributed by atoms with Crippen molar-refractivity contribution in [3.8, 4) is 5.75 Å². The van der Waals surface area contributed by atoms with E-state index in [2.05, 4.69) is 5.32 Å². The number of carbonyl (C=O) groups is 1. The van der Waals surface area contributed by atoms with Gasteiger partial charge in [-0.3, -0.25) is 14.2 Å². The Hall–Kier alpha value is -2.32. The van der Waals surface area contributed by atoms with E-state index in [1.165, 1.54) is 28.6 Å². The molecule has 0 atom stereocenters. The highest BCUT2D eigenvalue weighted by atomic mass is 32.2. The van der Waals surface area contributed by atoms with Crippen molar-refractivity contribution >= 4 is 44.9 Å². The highest BCUT2D eigenvalue weighted by Crippen LogP contribution is 2.34. The summed E-state index contributed by atoms with van der Waals surface area (Å²) in [6.07, 6.45) is 4.31. The lowest BCUT2D eigenvalue weighted by Gasteiger charge is -2.12. The van der Waals surface area contributed by atoms with Crippen LogP contribution in [0.5, 0.6) is 5.75 Å². The van der Waals surface area contributed by atoms with E-state index in [0.717, 1.165) is 35.2 Å². The minimum absolute atomic E-state index is 0.0231. The highest BCUT2D eigenvalue weighted by molar-refractivity contribution is 7.99. The normalized spacial score (nSPS) is 13.3. The zero-order chi connectivity index (χ0) is 20.4. The van der Waals surface area contributed by atoms with Crippen molar-refractivity contribution < 1.29 is 9.53 Å². The van der Waals surface area contributed by atoms with Crippen molar-refractivity contribution in [2.75, 3.05) is 18.2 Å². The van der Waals surface area contributed by atoms with Gasteiger partial charge in [0.25, 0.3) is 5.56 Å². The molecule has 0 radical (unpaired) electrons. The molecule has 1 aromatic carbocycles. The van der Waals surface area contributed by atoms with E-state index in [1.54, 1.807) is 47.3 Å². The Balaban J connectivity index is 1.54. The van der Waals surface area contributed by atoms with Crippen LogP contribution in [0.1, 0.15) is 30.2 Å². The molecular formula is C21H23N3O3S2. The molecule has 0 saturated heterocycles. The van der Waals surface area contributed by atoms with Crippen molar-refractivity contribution in [3.63, 3.8) is 0 Å². The van der Waals surface area contributed by atoms with Crippen LogP contribution in [0.2, 0.25) is 0 Å². The van der Waals surface area contributed by atoms with Crippen LogP contribution in [0.4, 0.5) is 5.69 Å². The molecule has 0 fully saturated rings. The number of aromatic nitrogens is 2. The van der Waals surface area contributed by atoms with Gasteiger partial charge in [0.1, 0.15) is 10.6 Å². The number of nitrogens with one attached hydrogen (secondary N) is 1. The van der Waals surface area contributed by atoms with E-state index >= 15 is 0 Å². The Kier molecular flexibility index (Phi) is 5.91.